The summed E-state index contributed by atoms with van der Waals surface area (Å²) >= 11 is 0. The van der Waals surface area contributed by atoms with E-state index in [1.165, 1.54) is 7.11 Å². The second-order valence-electron chi connectivity index (χ2n) is 4.48. The molecule has 4 nitrogen and oxygen atoms in total. The molecule has 1 rings (SSSR count). The van der Waals surface area contributed by atoms with E-state index < -0.39 is 0 Å². The minimum absolute atomic E-state index is 0. The molecule has 0 N–H and O–H groups in total. The van der Waals surface area contributed by atoms with Gasteiger partial charge in [-0.2, -0.15) is 0 Å². The molecule has 0 aliphatic rings. The molecule has 0 radical (unpaired) electrons. The average Bonchev–Trinajstić information content (AvgIpc) is 2.42. The zero-order valence-electron chi connectivity index (χ0n) is 12.1. The Hall–Kier alpha value is -0.683. The van der Waals surface area contributed by atoms with Gasteiger partial charge < -0.3 is 14.2 Å². The summed E-state index contributed by atoms with van der Waals surface area (Å²) in [7, 11) is 4.83. The van der Waals surface area contributed by atoms with Crippen molar-refractivity contribution in [2.75, 3.05) is 27.5 Å². The monoisotopic (exact) mass is 292 g/mol. The molecule has 0 fully saturated rings. The molecular weight excluding hydrogens is 270 g/mol. The first kappa shape index (κ1) is 19.3. The van der Waals surface area contributed by atoms with Gasteiger partial charge >= 0.3 is 18.9 Å². The molecule has 0 aliphatic carbocycles. The first-order chi connectivity index (χ1) is 9.04. The van der Waals surface area contributed by atoms with Gasteiger partial charge in [0, 0.05) is 0 Å². The van der Waals surface area contributed by atoms with Gasteiger partial charge in [0.05, 0.1) is 21.3 Å². The van der Waals surface area contributed by atoms with E-state index in [1.807, 2.05) is 0 Å². The molecule has 0 spiro atoms. The first-order valence-corrected chi connectivity index (χ1v) is 7.33. The van der Waals surface area contributed by atoms with Crippen LogP contribution in [0.15, 0.2) is 12.1 Å². The van der Waals surface area contributed by atoms with Crippen LogP contribution in [0.1, 0.15) is 24.2 Å². The third-order valence-electron chi connectivity index (χ3n) is 2.63. The summed E-state index contributed by atoms with van der Waals surface area (Å²) in [4.78, 5) is 12.4. The van der Waals surface area contributed by atoms with Crippen LogP contribution >= 0.6 is 8.58 Å². The zero-order valence-corrected chi connectivity index (χ0v) is 13.1. The van der Waals surface area contributed by atoms with Crippen molar-refractivity contribution in [1.82, 2.24) is 0 Å². The van der Waals surface area contributed by atoms with E-state index in [0.29, 0.717) is 28.7 Å². The topological polar surface area (TPSA) is 44.8 Å². The van der Waals surface area contributed by atoms with Crippen LogP contribution in [0.5, 0.6) is 17.2 Å². The van der Waals surface area contributed by atoms with Gasteiger partial charge in [-0.05, 0) is 32.8 Å². The summed E-state index contributed by atoms with van der Waals surface area (Å²) in [6.45, 7) is 4.20. The third kappa shape index (κ3) is 4.70. The van der Waals surface area contributed by atoms with Gasteiger partial charge in [0.2, 0.25) is 0 Å². The summed E-state index contributed by atoms with van der Waals surface area (Å²) < 4.78 is 15.8. The molecule has 20 heavy (non-hydrogen) atoms. The normalized spacial score (nSPS) is 10.5. The Balaban J connectivity index is 0.00000361. The fraction of sp³-hybridized carbons (Fsp3) is 0.500. The predicted molar refractivity (Wildman–Crippen MR) is 85.6 cm³/mol. The van der Waals surface area contributed by atoms with Gasteiger partial charge in [-0.25, -0.2) is 0 Å². The van der Waals surface area contributed by atoms with E-state index in [1.54, 1.807) is 26.4 Å². The van der Waals surface area contributed by atoms with E-state index in [0.717, 1.165) is 6.16 Å². The number of carbonyl (C=O) groups excluding carboxylic acids is 1. The Labute approximate surface area is 134 Å². The number of methoxy groups -OCH3 is 3. The number of carbonyl (C=O) groups is 1. The van der Waals surface area contributed by atoms with Crippen molar-refractivity contribution in [3.05, 3.63) is 17.7 Å². The maximum atomic E-state index is 12.4. The van der Waals surface area contributed by atoms with Gasteiger partial charge in [0.15, 0.2) is 17.0 Å². The molecule has 0 saturated heterocycles. The molecule has 1 aromatic rings. The van der Waals surface area contributed by atoms with Crippen LogP contribution in [-0.4, -0.2) is 51.9 Å². The molecule has 1 unspecified atom stereocenters. The van der Waals surface area contributed by atoms with E-state index in [2.05, 4.69) is 13.8 Å². The maximum absolute atomic E-state index is 12.4. The quantitative estimate of drug-likeness (QED) is 0.572. The number of hydrogen-bond donors (Lipinski definition) is 0. The summed E-state index contributed by atoms with van der Waals surface area (Å²) in [5.74, 6) is 2.01. The molecule has 6 heteroatoms. The molecule has 108 valence electrons. The van der Waals surface area contributed by atoms with E-state index in [9.17, 15) is 4.79 Å². The SMILES string of the molecule is COc1ccc(OC)c(C(=O)PCC(C)C)c1OC.[LiH]. The van der Waals surface area contributed by atoms with Crippen LogP contribution in [0.25, 0.3) is 0 Å². The van der Waals surface area contributed by atoms with E-state index in [-0.39, 0.29) is 33.0 Å². The van der Waals surface area contributed by atoms with Crippen molar-refractivity contribution in [2.24, 2.45) is 5.92 Å². The Bertz CT molecular complexity index is 449. The van der Waals surface area contributed by atoms with Crippen molar-refractivity contribution in [3.8, 4) is 17.2 Å². The third-order valence-corrected chi connectivity index (χ3v) is 4.22. The predicted octanol–water partition coefficient (Wildman–Crippen LogP) is 2.54. The van der Waals surface area contributed by atoms with Crippen molar-refractivity contribution in [1.29, 1.82) is 0 Å². The molecule has 1 aromatic carbocycles. The Kier molecular flexibility index (Phi) is 8.97. The van der Waals surface area contributed by atoms with Crippen molar-refractivity contribution < 1.29 is 19.0 Å². The molecular formula is C14H22LiO4P. The molecule has 0 saturated carbocycles. The van der Waals surface area contributed by atoms with E-state index >= 15 is 0 Å². The van der Waals surface area contributed by atoms with Gasteiger partial charge in [-0.1, -0.05) is 13.8 Å². The van der Waals surface area contributed by atoms with Crippen LogP contribution in [0.4, 0.5) is 0 Å². The minimum atomic E-state index is 0. The summed E-state index contributed by atoms with van der Waals surface area (Å²) in [5, 5.41) is 0. The van der Waals surface area contributed by atoms with Crippen LogP contribution in [0, 0.1) is 5.92 Å². The van der Waals surface area contributed by atoms with Crippen LogP contribution < -0.4 is 14.2 Å². The standard InChI is InChI=1S/C14H21O4P.Li.H/c1-9(2)8-19-14(15)12-10(16-3)6-7-11(17-4)13(12)18-5;;/h6-7,9,19H,8H2,1-5H3;;. The Morgan fingerprint density at radius 2 is 1.65 bits per heavy atom. The zero-order chi connectivity index (χ0) is 14.4. The molecule has 0 aromatic heterocycles. The van der Waals surface area contributed by atoms with Crippen LogP contribution in [0.3, 0.4) is 0 Å². The van der Waals surface area contributed by atoms with E-state index in [4.69, 9.17) is 14.2 Å². The summed E-state index contributed by atoms with van der Waals surface area (Å²) in [6.07, 6.45) is 0.863. The first-order valence-electron chi connectivity index (χ1n) is 6.12. The molecule has 0 bridgehead atoms. The van der Waals surface area contributed by atoms with Gasteiger partial charge in [-0.3, -0.25) is 4.79 Å². The number of benzene rings is 1. The number of ether oxygens (including phenoxy) is 3. The second kappa shape index (κ2) is 9.29. The molecule has 1 atom stereocenters. The Morgan fingerprint density at radius 3 is 2.10 bits per heavy atom. The van der Waals surface area contributed by atoms with Crippen LogP contribution in [0.2, 0.25) is 0 Å². The van der Waals surface area contributed by atoms with Crippen molar-refractivity contribution in [2.45, 2.75) is 13.8 Å². The summed E-state index contributed by atoms with van der Waals surface area (Å²) in [5.41, 5.74) is 0.518. The Morgan fingerprint density at radius 1 is 1.10 bits per heavy atom. The second-order valence-corrected chi connectivity index (χ2v) is 5.70. The van der Waals surface area contributed by atoms with Crippen molar-refractivity contribution in [3.63, 3.8) is 0 Å². The van der Waals surface area contributed by atoms with Crippen LogP contribution in [-0.2, 0) is 0 Å². The van der Waals surface area contributed by atoms with Crippen molar-refractivity contribution >= 4 is 33.0 Å². The fourth-order valence-electron chi connectivity index (χ4n) is 1.68. The molecule has 0 heterocycles. The number of hydrogen-bond acceptors (Lipinski definition) is 4. The van der Waals surface area contributed by atoms with Gasteiger partial charge in [0.1, 0.15) is 11.3 Å². The van der Waals surface area contributed by atoms with Gasteiger partial charge in [0.25, 0.3) is 0 Å². The average molecular weight is 292 g/mol. The summed E-state index contributed by atoms with van der Waals surface area (Å²) in [6, 6.07) is 3.47. The molecule has 0 amide bonds. The number of rotatable bonds is 7. The molecule has 0 aliphatic heterocycles. The van der Waals surface area contributed by atoms with Gasteiger partial charge in [-0.15, -0.1) is 0 Å². The fourth-order valence-corrected chi connectivity index (χ4v) is 2.69.